The fourth-order valence-corrected chi connectivity index (χ4v) is 1.78. The number of carbonyl (C=O) groups is 1. The highest BCUT2D eigenvalue weighted by Gasteiger charge is 2.21. The summed E-state index contributed by atoms with van der Waals surface area (Å²) in [5, 5.41) is 16.7. The molecule has 1 aromatic carbocycles. The molecule has 0 radical (unpaired) electrons. The van der Waals surface area contributed by atoms with Gasteiger partial charge in [-0.2, -0.15) is 0 Å². The van der Waals surface area contributed by atoms with Gasteiger partial charge in [0.05, 0.1) is 11.5 Å². The van der Waals surface area contributed by atoms with Gasteiger partial charge in [-0.25, -0.2) is 0 Å². The van der Waals surface area contributed by atoms with Crippen molar-refractivity contribution in [1.29, 1.82) is 0 Å². The molecule has 1 atom stereocenters. The molecule has 0 aliphatic rings. The summed E-state index contributed by atoms with van der Waals surface area (Å²) < 4.78 is 4.92. The quantitative estimate of drug-likeness (QED) is 0.587. The molecular formula is C13H19N3O4. The lowest BCUT2D eigenvalue weighted by atomic mass is 10.1. The molecular weight excluding hydrogens is 262 g/mol. The standard InChI is InChI=1S/C13H19N3O4/c1-4-14-10-5-6-12(16(18)19)11(7-10)13(17)15-9(2)8-20-3/h5-7,9,14H,4,8H2,1-3H3,(H,15,17). The molecule has 0 saturated heterocycles. The van der Waals surface area contributed by atoms with Crippen molar-refractivity contribution in [2.45, 2.75) is 19.9 Å². The summed E-state index contributed by atoms with van der Waals surface area (Å²) in [4.78, 5) is 22.5. The number of carbonyl (C=O) groups excluding carboxylic acids is 1. The second kappa shape index (κ2) is 7.44. The smallest absolute Gasteiger partial charge is 0.282 e. The number of anilines is 1. The van der Waals surface area contributed by atoms with Crippen LogP contribution in [0.15, 0.2) is 18.2 Å². The first-order valence-corrected chi connectivity index (χ1v) is 6.31. The average molecular weight is 281 g/mol. The van der Waals surface area contributed by atoms with Crippen LogP contribution >= 0.6 is 0 Å². The molecule has 0 aliphatic heterocycles. The number of ether oxygens (including phenoxy) is 1. The first-order valence-electron chi connectivity index (χ1n) is 6.31. The third-order valence-corrected chi connectivity index (χ3v) is 2.61. The van der Waals surface area contributed by atoms with Crippen LogP contribution < -0.4 is 10.6 Å². The van der Waals surface area contributed by atoms with Gasteiger partial charge in [0.2, 0.25) is 0 Å². The fourth-order valence-electron chi connectivity index (χ4n) is 1.78. The molecule has 0 heterocycles. The second-order valence-corrected chi connectivity index (χ2v) is 4.35. The lowest BCUT2D eigenvalue weighted by molar-refractivity contribution is -0.385. The average Bonchev–Trinajstić information content (AvgIpc) is 2.38. The summed E-state index contributed by atoms with van der Waals surface area (Å²) in [6, 6.07) is 4.16. The Hall–Kier alpha value is -2.15. The van der Waals surface area contributed by atoms with Crippen LogP contribution in [-0.2, 0) is 4.74 Å². The Balaban J connectivity index is 3.02. The number of methoxy groups -OCH3 is 1. The summed E-state index contributed by atoms with van der Waals surface area (Å²) in [6.45, 7) is 4.68. The van der Waals surface area contributed by atoms with Crippen LogP contribution in [0.1, 0.15) is 24.2 Å². The second-order valence-electron chi connectivity index (χ2n) is 4.35. The van der Waals surface area contributed by atoms with E-state index in [0.717, 1.165) is 0 Å². The van der Waals surface area contributed by atoms with Gasteiger partial charge >= 0.3 is 0 Å². The van der Waals surface area contributed by atoms with Crippen molar-refractivity contribution in [2.24, 2.45) is 0 Å². The maximum atomic E-state index is 12.1. The van der Waals surface area contributed by atoms with Crippen LogP contribution in [0.3, 0.4) is 0 Å². The third-order valence-electron chi connectivity index (χ3n) is 2.61. The highest BCUT2D eigenvalue weighted by molar-refractivity contribution is 5.99. The van der Waals surface area contributed by atoms with Gasteiger partial charge in [0, 0.05) is 31.5 Å². The number of nitrogens with zero attached hydrogens (tertiary/aromatic N) is 1. The molecule has 7 nitrogen and oxygen atoms in total. The van der Waals surface area contributed by atoms with Gasteiger partial charge in [0.1, 0.15) is 5.56 Å². The molecule has 7 heteroatoms. The van der Waals surface area contributed by atoms with Gasteiger partial charge in [-0.15, -0.1) is 0 Å². The minimum atomic E-state index is -0.564. The lowest BCUT2D eigenvalue weighted by Crippen LogP contribution is -2.35. The Morgan fingerprint density at radius 2 is 2.20 bits per heavy atom. The van der Waals surface area contributed by atoms with Crippen molar-refractivity contribution in [2.75, 3.05) is 25.6 Å². The number of benzene rings is 1. The van der Waals surface area contributed by atoms with Crippen molar-refractivity contribution >= 4 is 17.3 Å². The normalized spacial score (nSPS) is 11.8. The van der Waals surface area contributed by atoms with E-state index in [2.05, 4.69) is 10.6 Å². The highest BCUT2D eigenvalue weighted by Crippen LogP contribution is 2.22. The van der Waals surface area contributed by atoms with E-state index in [0.29, 0.717) is 18.8 Å². The van der Waals surface area contributed by atoms with E-state index in [-0.39, 0.29) is 17.3 Å². The molecule has 1 aromatic rings. The van der Waals surface area contributed by atoms with E-state index in [9.17, 15) is 14.9 Å². The summed E-state index contributed by atoms with van der Waals surface area (Å²) in [7, 11) is 1.52. The van der Waals surface area contributed by atoms with Gasteiger partial charge < -0.3 is 15.4 Å². The number of nitro groups is 1. The number of nitrogens with one attached hydrogen (secondary N) is 2. The summed E-state index contributed by atoms with van der Waals surface area (Å²) >= 11 is 0. The molecule has 0 aromatic heterocycles. The first-order chi connectivity index (χ1) is 9.49. The topological polar surface area (TPSA) is 93.5 Å². The molecule has 1 unspecified atom stereocenters. The first kappa shape index (κ1) is 15.9. The Kier molecular flexibility index (Phi) is 5.92. The zero-order valence-electron chi connectivity index (χ0n) is 11.8. The summed E-state index contributed by atoms with van der Waals surface area (Å²) in [5.41, 5.74) is 0.493. The number of rotatable bonds is 7. The van der Waals surface area contributed by atoms with Crippen LogP contribution in [0.5, 0.6) is 0 Å². The minimum absolute atomic E-state index is 0.0383. The predicted octanol–water partition coefficient (Wildman–Crippen LogP) is 1.79. The molecule has 0 fully saturated rings. The van der Waals surface area contributed by atoms with E-state index >= 15 is 0 Å². The molecule has 0 bridgehead atoms. The molecule has 0 spiro atoms. The monoisotopic (exact) mass is 281 g/mol. The molecule has 1 amide bonds. The van der Waals surface area contributed by atoms with Crippen molar-refractivity contribution < 1.29 is 14.5 Å². The summed E-state index contributed by atoms with van der Waals surface area (Å²) in [6.07, 6.45) is 0. The number of amides is 1. The third kappa shape index (κ3) is 4.20. The van der Waals surface area contributed by atoms with Crippen LogP contribution in [0.25, 0.3) is 0 Å². The predicted molar refractivity (Wildman–Crippen MR) is 76.1 cm³/mol. The fraction of sp³-hybridized carbons (Fsp3) is 0.462. The molecule has 20 heavy (non-hydrogen) atoms. The lowest BCUT2D eigenvalue weighted by Gasteiger charge is -2.13. The highest BCUT2D eigenvalue weighted by atomic mass is 16.6. The van der Waals surface area contributed by atoms with Crippen molar-refractivity contribution in [1.82, 2.24) is 5.32 Å². The van der Waals surface area contributed by atoms with E-state index in [1.54, 1.807) is 13.0 Å². The van der Waals surface area contributed by atoms with Gasteiger partial charge in [-0.1, -0.05) is 0 Å². The summed E-state index contributed by atoms with van der Waals surface area (Å²) in [5.74, 6) is -0.485. The molecule has 1 rings (SSSR count). The number of hydrogen-bond acceptors (Lipinski definition) is 5. The molecule has 0 saturated carbocycles. The van der Waals surface area contributed by atoms with E-state index < -0.39 is 10.8 Å². The Morgan fingerprint density at radius 1 is 1.50 bits per heavy atom. The van der Waals surface area contributed by atoms with E-state index in [1.807, 2.05) is 6.92 Å². The molecule has 2 N–H and O–H groups in total. The van der Waals surface area contributed by atoms with Gasteiger partial charge in [-0.3, -0.25) is 14.9 Å². The Bertz CT molecular complexity index is 491. The van der Waals surface area contributed by atoms with E-state index in [4.69, 9.17) is 4.74 Å². The zero-order chi connectivity index (χ0) is 15.1. The molecule has 110 valence electrons. The van der Waals surface area contributed by atoms with Crippen LogP contribution in [-0.4, -0.2) is 37.1 Å². The molecule has 0 aliphatic carbocycles. The van der Waals surface area contributed by atoms with Gasteiger partial charge in [-0.05, 0) is 26.0 Å². The van der Waals surface area contributed by atoms with Crippen LogP contribution in [0, 0.1) is 10.1 Å². The van der Waals surface area contributed by atoms with E-state index in [1.165, 1.54) is 19.2 Å². The maximum absolute atomic E-state index is 12.1. The zero-order valence-corrected chi connectivity index (χ0v) is 11.8. The largest absolute Gasteiger partial charge is 0.385 e. The van der Waals surface area contributed by atoms with Gasteiger partial charge in [0.15, 0.2) is 0 Å². The SMILES string of the molecule is CCNc1ccc([N+](=O)[O-])c(C(=O)NC(C)COC)c1. The van der Waals surface area contributed by atoms with Crippen LogP contribution in [0.2, 0.25) is 0 Å². The van der Waals surface area contributed by atoms with Crippen molar-refractivity contribution in [3.8, 4) is 0 Å². The van der Waals surface area contributed by atoms with Gasteiger partial charge in [0.25, 0.3) is 11.6 Å². The van der Waals surface area contributed by atoms with Crippen LogP contribution in [0.4, 0.5) is 11.4 Å². The Labute approximate surface area is 117 Å². The van der Waals surface area contributed by atoms with Crippen molar-refractivity contribution in [3.63, 3.8) is 0 Å². The number of nitro benzene ring substituents is 1. The number of hydrogen-bond donors (Lipinski definition) is 2. The van der Waals surface area contributed by atoms with Crippen molar-refractivity contribution in [3.05, 3.63) is 33.9 Å². The Morgan fingerprint density at radius 3 is 2.75 bits per heavy atom. The maximum Gasteiger partial charge on any atom is 0.282 e. The minimum Gasteiger partial charge on any atom is -0.385 e.